The van der Waals surface area contributed by atoms with Crippen LogP contribution in [0.2, 0.25) is 0 Å². The number of rotatable bonds is 22. The summed E-state index contributed by atoms with van der Waals surface area (Å²) in [7, 11) is 2.83. The minimum Gasteiger partial charge on any atom is -0.497 e. The van der Waals surface area contributed by atoms with Crippen LogP contribution in [0.3, 0.4) is 0 Å². The van der Waals surface area contributed by atoms with Crippen molar-refractivity contribution in [3.05, 3.63) is 214 Å². The Bertz CT molecular complexity index is 2600. The Hall–Kier alpha value is -6.56. The van der Waals surface area contributed by atoms with E-state index in [2.05, 4.69) is 10.0 Å². The lowest BCUT2D eigenvalue weighted by molar-refractivity contribution is -0.325. The molecule has 0 bridgehead atoms. The Morgan fingerprint density at radius 2 is 1.11 bits per heavy atom. The van der Waals surface area contributed by atoms with Crippen LogP contribution in [0.15, 0.2) is 186 Å². The molecule has 2 saturated heterocycles. The van der Waals surface area contributed by atoms with E-state index in [-0.39, 0.29) is 38.6 Å². The first-order valence-electron chi connectivity index (χ1n) is 23.1. The highest BCUT2D eigenvalue weighted by molar-refractivity contribution is 7.99. The fourth-order valence-corrected chi connectivity index (χ4v) is 9.36. The number of esters is 2. The minimum atomic E-state index is -1.50. The number of hydrogen-bond donors (Lipinski definition) is 0. The number of carbonyl (C=O) groups excluding carboxylic acids is 2. The van der Waals surface area contributed by atoms with E-state index < -0.39 is 72.4 Å². The molecular weight excluding hydrogens is 927 g/mol. The maximum absolute atomic E-state index is 14.2. The molecule has 0 aromatic heterocycles. The summed E-state index contributed by atoms with van der Waals surface area (Å²) in [4.78, 5) is 32.4. The molecule has 5 unspecified atom stereocenters. The van der Waals surface area contributed by atoms with Gasteiger partial charge in [0.2, 0.25) is 0 Å². The molecule has 15 nitrogen and oxygen atoms in total. The molecule has 0 saturated carbocycles. The summed E-state index contributed by atoms with van der Waals surface area (Å²) in [5.41, 5.74) is 12.9. The van der Waals surface area contributed by atoms with Gasteiger partial charge in [-0.2, -0.15) is 0 Å². The SMILES string of the molecule is COC(=O)[C@@H]1OC(Sc2ccccc2)C(OC(=O)c2ccccc2)C(OCc2ccccc2)[C@@H]1O[C@H]1OC(COCc2ccccc2)[C@@H](OCc2ccc(OC)cc2)[C@@H](OCc2ccccc2)C1N=[N+]=[N-]. The van der Waals surface area contributed by atoms with Gasteiger partial charge in [-0.3, -0.25) is 0 Å². The van der Waals surface area contributed by atoms with E-state index in [4.69, 9.17) is 47.4 Å². The van der Waals surface area contributed by atoms with Gasteiger partial charge in [-0.15, -0.1) is 0 Å². The first-order valence-corrected chi connectivity index (χ1v) is 24.0. The number of benzene rings is 6. The van der Waals surface area contributed by atoms with Gasteiger partial charge in [-0.1, -0.05) is 156 Å². The van der Waals surface area contributed by atoms with E-state index in [0.29, 0.717) is 5.75 Å². The largest absolute Gasteiger partial charge is 0.497 e. The zero-order valence-corrected chi connectivity index (χ0v) is 40.0. The van der Waals surface area contributed by atoms with E-state index in [0.717, 1.165) is 27.1 Å². The summed E-state index contributed by atoms with van der Waals surface area (Å²) in [5.74, 6) is -0.782. The molecule has 2 aliphatic heterocycles. The highest BCUT2D eigenvalue weighted by Gasteiger charge is 2.56. The Morgan fingerprint density at radius 1 is 0.592 bits per heavy atom. The fourth-order valence-electron chi connectivity index (χ4n) is 8.26. The van der Waals surface area contributed by atoms with Gasteiger partial charge in [0.25, 0.3) is 0 Å². The quantitative estimate of drug-likeness (QED) is 0.0272. The number of thioether (sulfide) groups is 1. The standard InChI is InChI=1S/C55H55N3O12S/c1-61-42-30-28-40(29-31-42)35-64-46-44(36-63-32-37-18-8-3-9-19-37)67-54(45(57-58-56)47(46)65-33-38-20-10-4-11-21-38)69-49-48(66-34-39-22-12-5-13-23-39)51(68-52(59)41-24-14-6-15-25-41)55(70-50(49)53(60)62-2)71-43-26-16-7-17-27-43/h3-31,44-51,54-55H,32-36H2,1-2H3/t44?,45?,46-,47+,48?,49+,50-,51?,54-,55?/m1/s1. The Morgan fingerprint density at radius 3 is 1.68 bits per heavy atom. The number of ether oxygens (including phenoxy) is 10. The molecular formula is C55H55N3O12S. The summed E-state index contributed by atoms with van der Waals surface area (Å²) >= 11 is 1.24. The second kappa shape index (κ2) is 26.1. The van der Waals surface area contributed by atoms with Crippen LogP contribution in [0.25, 0.3) is 10.4 Å². The molecule has 0 amide bonds. The molecule has 16 heteroatoms. The van der Waals surface area contributed by atoms with Crippen LogP contribution in [0.5, 0.6) is 5.75 Å². The fraction of sp³-hybridized carbons (Fsp3) is 0.309. The zero-order valence-electron chi connectivity index (χ0n) is 39.2. The predicted molar refractivity (Wildman–Crippen MR) is 263 cm³/mol. The lowest BCUT2D eigenvalue weighted by atomic mass is 9.95. The highest BCUT2D eigenvalue weighted by Crippen LogP contribution is 2.41. The predicted octanol–water partition coefficient (Wildman–Crippen LogP) is 9.67. The van der Waals surface area contributed by atoms with E-state index >= 15 is 0 Å². The van der Waals surface area contributed by atoms with Gasteiger partial charge in [-0.05, 0) is 64.2 Å². The number of azide groups is 1. The van der Waals surface area contributed by atoms with E-state index in [9.17, 15) is 15.1 Å². The summed E-state index contributed by atoms with van der Waals surface area (Å²) in [6, 6.07) is 52.7. The van der Waals surface area contributed by atoms with E-state index in [1.807, 2.05) is 146 Å². The van der Waals surface area contributed by atoms with Crippen molar-refractivity contribution in [3.8, 4) is 5.75 Å². The molecule has 6 aromatic carbocycles. The molecule has 71 heavy (non-hydrogen) atoms. The minimum absolute atomic E-state index is 0.00666. The summed E-state index contributed by atoms with van der Waals surface area (Å²) in [5, 5.41) is 4.28. The van der Waals surface area contributed by atoms with E-state index in [1.165, 1.54) is 18.9 Å². The van der Waals surface area contributed by atoms with Crippen molar-refractivity contribution in [1.82, 2.24) is 0 Å². The van der Waals surface area contributed by atoms with Gasteiger partial charge >= 0.3 is 11.9 Å². The average molecular weight is 982 g/mol. The van der Waals surface area contributed by atoms with Crippen LogP contribution in [0, 0.1) is 0 Å². The van der Waals surface area contributed by atoms with Gasteiger partial charge < -0.3 is 47.4 Å². The van der Waals surface area contributed by atoms with Crippen LogP contribution in [0.1, 0.15) is 32.6 Å². The topological polar surface area (TPSA) is 175 Å². The lowest BCUT2D eigenvalue weighted by Gasteiger charge is -2.49. The molecule has 368 valence electrons. The molecule has 2 aliphatic rings. The molecule has 6 aromatic rings. The van der Waals surface area contributed by atoms with Gasteiger partial charge in [-0.25, -0.2) is 9.59 Å². The van der Waals surface area contributed by atoms with Crippen molar-refractivity contribution in [2.45, 2.75) is 91.8 Å². The normalized spacial score (nSPS) is 24.0. The molecule has 0 radical (unpaired) electrons. The van der Waals surface area contributed by atoms with Crippen molar-refractivity contribution in [3.63, 3.8) is 0 Å². The molecule has 10 atom stereocenters. The first-order chi connectivity index (χ1) is 34.9. The average Bonchev–Trinajstić information content (AvgIpc) is 3.42. The van der Waals surface area contributed by atoms with Gasteiger partial charge in [0.05, 0.1) is 52.8 Å². The van der Waals surface area contributed by atoms with Crippen LogP contribution < -0.4 is 4.74 Å². The number of carbonyl (C=O) groups is 2. The maximum atomic E-state index is 14.2. The second-order valence-electron chi connectivity index (χ2n) is 16.6. The maximum Gasteiger partial charge on any atom is 0.338 e. The smallest absolute Gasteiger partial charge is 0.338 e. The third kappa shape index (κ3) is 13.9. The number of hydrogen-bond acceptors (Lipinski definition) is 14. The monoisotopic (exact) mass is 981 g/mol. The number of methoxy groups -OCH3 is 2. The molecule has 0 aliphatic carbocycles. The van der Waals surface area contributed by atoms with E-state index in [1.54, 1.807) is 37.4 Å². The second-order valence-corrected chi connectivity index (χ2v) is 17.8. The third-order valence-electron chi connectivity index (χ3n) is 11.8. The molecule has 8 rings (SSSR count). The molecule has 0 spiro atoms. The van der Waals surface area contributed by atoms with Crippen LogP contribution in [-0.4, -0.2) is 93.3 Å². The van der Waals surface area contributed by atoms with Crippen LogP contribution in [-0.2, 0) is 73.9 Å². The van der Waals surface area contributed by atoms with Gasteiger partial charge in [0, 0.05) is 9.81 Å². The van der Waals surface area contributed by atoms with Crippen molar-refractivity contribution >= 4 is 23.7 Å². The zero-order chi connectivity index (χ0) is 49.2. The summed E-state index contributed by atoms with van der Waals surface area (Å²) < 4.78 is 64.4. The third-order valence-corrected chi connectivity index (χ3v) is 13.0. The van der Waals surface area contributed by atoms with Crippen LogP contribution in [0.4, 0.5) is 0 Å². The van der Waals surface area contributed by atoms with Crippen molar-refractivity contribution in [1.29, 1.82) is 0 Å². The summed E-state index contributed by atoms with van der Waals surface area (Å²) in [6.07, 6.45) is -9.72. The molecule has 2 heterocycles. The highest BCUT2D eigenvalue weighted by atomic mass is 32.2. The molecule has 0 N–H and O–H groups in total. The Balaban J connectivity index is 1.20. The van der Waals surface area contributed by atoms with Gasteiger partial charge in [0.1, 0.15) is 47.7 Å². The first kappa shape index (κ1) is 50.8. The lowest BCUT2D eigenvalue weighted by Crippen LogP contribution is -2.66. The number of nitrogens with zero attached hydrogens (tertiary/aromatic N) is 3. The van der Waals surface area contributed by atoms with Crippen molar-refractivity contribution < 1.29 is 57.0 Å². The van der Waals surface area contributed by atoms with Crippen molar-refractivity contribution in [2.24, 2.45) is 5.11 Å². The Kier molecular flexibility index (Phi) is 18.6. The van der Waals surface area contributed by atoms with Gasteiger partial charge in [0.15, 0.2) is 18.5 Å². The summed E-state index contributed by atoms with van der Waals surface area (Å²) in [6.45, 7) is 0.410. The Labute approximate surface area is 416 Å². The molecule has 2 fully saturated rings. The van der Waals surface area contributed by atoms with Crippen LogP contribution >= 0.6 is 11.8 Å². The van der Waals surface area contributed by atoms with Crippen molar-refractivity contribution in [2.75, 3.05) is 20.8 Å².